The zero-order chi connectivity index (χ0) is 17.0. The van der Waals surface area contributed by atoms with E-state index in [1.807, 2.05) is 44.2 Å². The van der Waals surface area contributed by atoms with Crippen molar-refractivity contribution in [1.82, 2.24) is 0 Å². The smallest absolute Gasteiger partial charge is 0.390 e. The maximum atomic E-state index is 12.5. The molecule has 0 unspecified atom stereocenters. The Kier molecular flexibility index (Phi) is 7.11. The normalized spacial score (nSPS) is 12.4. The number of aryl methyl sites for hydroxylation is 2. The molecule has 2 nitrogen and oxygen atoms in total. The number of alkyl halides is 3. The predicted octanol–water partition coefficient (Wildman–Crippen LogP) is 5.26. The van der Waals surface area contributed by atoms with E-state index in [4.69, 9.17) is 10.5 Å². The van der Waals surface area contributed by atoms with Gasteiger partial charge in [-0.25, -0.2) is 0 Å². The number of benzene rings is 2. The summed E-state index contributed by atoms with van der Waals surface area (Å²) in [6.45, 7) is 4.05. The Balaban J connectivity index is 0.00000288. The molecule has 24 heavy (non-hydrogen) atoms. The van der Waals surface area contributed by atoms with E-state index in [-0.39, 0.29) is 12.4 Å². The van der Waals surface area contributed by atoms with Crippen LogP contribution in [-0.2, 0) is 6.61 Å². The van der Waals surface area contributed by atoms with Crippen molar-refractivity contribution in [2.45, 2.75) is 39.1 Å². The summed E-state index contributed by atoms with van der Waals surface area (Å²) in [6.07, 6.45) is -5.31. The zero-order valence-corrected chi connectivity index (χ0v) is 14.4. The van der Waals surface area contributed by atoms with Crippen molar-refractivity contribution in [2.24, 2.45) is 5.73 Å². The van der Waals surface area contributed by atoms with Crippen LogP contribution < -0.4 is 10.5 Å². The highest BCUT2D eigenvalue weighted by Crippen LogP contribution is 2.32. The average molecular weight is 360 g/mol. The monoisotopic (exact) mass is 359 g/mol. The third-order valence-corrected chi connectivity index (χ3v) is 3.59. The van der Waals surface area contributed by atoms with Crippen LogP contribution >= 0.6 is 12.4 Å². The first-order valence-electron chi connectivity index (χ1n) is 7.36. The molecule has 0 saturated carbocycles. The molecule has 0 aliphatic heterocycles. The molecule has 0 heterocycles. The Morgan fingerprint density at radius 3 is 2.08 bits per heavy atom. The van der Waals surface area contributed by atoms with Gasteiger partial charge in [0.2, 0.25) is 0 Å². The van der Waals surface area contributed by atoms with Gasteiger partial charge in [0, 0.05) is 6.04 Å². The van der Waals surface area contributed by atoms with Crippen molar-refractivity contribution in [1.29, 1.82) is 0 Å². The highest BCUT2D eigenvalue weighted by Gasteiger charge is 2.31. The van der Waals surface area contributed by atoms with Crippen LogP contribution in [0.3, 0.4) is 0 Å². The van der Waals surface area contributed by atoms with E-state index in [0.29, 0.717) is 17.9 Å². The van der Waals surface area contributed by atoms with E-state index < -0.39 is 18.6 Å². The molecule has 0 bridgehead atoms. The van der Waals surface area contributed by atoms with Crippen LogP contribution in [0.2, 0.25) is 0 Å². The fraction of sp³-hybridized carbons (Fsp3) is 0.333. The Bertz CT molecular complexity index is 636. The SMILES string of the molecule is Cc1cc([C@H](N)CC(F)(F)F)cc(C)c1OCc1ccccc1.Cl. The second kappa shape index (κ2) is 8.40. The summed E-state index contributed by atoms with van der Waals surface area (Å²) < 4.78 is 43.3. The van der Waals surface area contributed by atoms with E-state index in [1.165, 1.54) is 0 Å². The third-order valence-electron chi connectivity index (χ3n) is 3.59. The Morgan fingerprint density at radius 1 is 1.04 bits per heavy atom. The van der Waals surface area contributed by atoms with Gasteiger partial charge in [-0.3, -0.25) is 0 Å². The molecule has 0 aromatic heterocycles. The van der Waals surface area contributed by atoms with Crippen LogP contribution in [0, 0.1) is 13.8 Å². The van der Waals surface area contributed by atoms with Gasteiger partial charge in [0.05, 0.1) is 6.42 Å². The Labute approximate surface area is 146 Å². The van der Waals surface area contributed by atoms with E-state index in [1.54, 1.807) is 12.1 Å². The van der Waals surface area contributed by atoms with E-state index in [2.05, 4.69) is 0 Å². The summed E-state index contributed by atoms with van der Waals surface area (Å²) in [5.41, 5.74) is 8.75. The average Bonchev–Trinajstić information content (AvgIpc) is 2.45. The van der Waals surface area contributed by atoms with Crippen molar-refractivity contribution < 1.29 is 17.9 Å². The lowest BCUT2D eigenvalue weighted by Crippen LogP contribution is -2.20. The molecule has 2 aromatic rings. The number of halogens is 4. The van der Waals surface area contributed by atoms with Gasteiger partial charge in [-0.05, 0) is 36.1 Å². The second-order valence-electron chi connectivity index (χ2n) is 5.68. The molecule has 0 spiro atoms. The van der Waals surface area contributed by atoms with Crippen LogP contribution in [0.4, 0.5) is 13.2 Å². The van der Waals surface area contributed by atoms with E-state index >= 15 is 0 Å². The van der Waals surface area contributed by atoms with Gasteiger partial charge in [-0.15, -0.1) is 12.4 Å². The minimum absolute atomic E-state index is 0. The highest BCUT2D eigenvalue weighted by atomic mass is 35.5. The van der Waals surface area contributed by atoms with Crippen LogP contribution in [0.1, 0.15) is 34.7 Å². The topological polar surface area (TPSA) is 35.2 Å². The lowest BCUT2D eigenvalue weighted by molar-refractivity contribution is -0.138. The maximum Gasteiger partial charge on any atom is 0.390 e. The van der Waals surface area contributed by atoms with Crippen molar-refractivity contribution in [2.75, 3.05) is 0 Å². The molecule has 0 fully saturated rings. The predicted molar refractivity (Wildman–Crippen MR) is 91.5 cm³/mol. The molecule has 1 atom stereocenters. The number of hydrogen-bond donors (Lipinski definition) is 1. The van der Waals surface area contributed by atoms with Crippen LogP contribution in [0.15, 0.2) is 42.5 Å². The van der Waals surface area contributed by atoms with Gasteiger partial charge in [0.15, 0.2) is 0 Å². The largest absolute Gasteiger partial charge is 0.488 e. The molecule has 0 aliphatic rings. The van der Waals surface area contributed by atoms with E-state index in [0.717, 1.165) is 16.7 Å². The Hall–Kier alpha value is -1.72. The molecular weight excluding hydrogens is 339 g/mol. The summed E-state index contributed by atoms with van der Waals surface area (Å²) >= 11 is 0. The zero-order valence-electron chi connectivity index (χ0n) is 13.6. The minimum Gasteiger partial charge on any atom is -0.488 e. The van der Waals surface area contributed by atoms with Crippen LogP contribution in [0.25, 0.3) is 0 Å². The first kappa shape index (κ1) is 20.3. The quantitative estimate of drug-likeness (QED) is 0.790. The first-order chi connectivity index (χ1) is 10.8. The number of nitrogens with two attached hydrogens (primary N) is 1. The summed E-state index contributed by atoms with van der Waals surface area (Å²) in [5, 5.41) is 0. The fourth-order valence-corrected chi connectivity index (χ4v) is 2.52. The molecule has 2 N–H and O–H groups in total. The molecule has 132 valence electrons. The number of ether oxygens (including phenoxy) is 1. The number of hydrogen-bond acceptors (Lipinski definition) is 2. The summed E-state index contributed by atoms with van der Waals surface area (Å²) in [6, 6.07) is 12.0. The summed E-state index contributed by atoms with van der Waals surface area (Å²) in [7, 11) is 0. The van der Waals surface area contributed by atoms with Crippen LogP contribution in [-0.4, -0.2) is 6.18 Å². The van der Waals surface area contributed by atoms with Crippen LogP contribution in [0.5, 0.6) is 5.75 Å². The van der Waals surface area contributed by atoms with Gasteiger partial charge in [-0.1, -0.05) is 42.5 Å². The molecule has 2 rings (SSSR count). The number of rotatable bonds is 5. The standard InChI is InChI=1S/C18H20F3NO.ClH/c1-12-8-15(16(22)10-18(19,20)21)9-13(2)17(12)23-11-14-6-4-3-5-7-14;/h3-9,16H,10-11,22H2,1-2H3;1H/t16-;/m1./s1. The fourth-order valence-electron chi connectivity index (χ4n) is 2.52. The summed E-state index contributed by atoms with van der Waals surface area (Å²) in [5.74, 6) is 0.691. The van der Waals surface area contributed by atoms with E-state index in [9.17, 15) is 13.2 Å². The molecule has 0 radical (unpaired) electrons. The maximum absolute atomic E-state index is 12.5. The minimum atomic E-state index is -4.27. The second-order valence-corrected chi connectivity index (χ2v) is 5.68. The molecule has 0 amide bonds. The van der Waals surface area contributed by atoms with Gasteiger partial charge in [0.1, 0.15) is 12.4 Å². The Morgan fingerprint density at radius 2 is 1.58 bits per heavy atom. The van der Waals surface area contributed by atoms with Gasteiger partial charge in [-0.2, -0.15) is 13.2 Å². The molecule has 2 aromatic carbocycles. The molecular formula is C18H21ClF3NO. The highest BCUT2D eigenvalue weighted by molar-refractivity contribution is 5.85. The first-order valence-corrected chi connectivity index (χ1v) is 7.36. The molecule has 6 heteroatoms. The van der Waals surface area contributed by atoms with Crippen molar-refractivity contribution in [3.05, 3.63) is 64.7 Å². The van der Waals surface area contributed by atoms with Gasteiger partial charge < -0.3 is 10.5 Å². The molecule has 0 saturated heterocycles. The van der Waals surface area contributed by atoms with Crippen molar-refractivity contribution in [3.8, 4) is 5.75 Å². The summed E-state index contributed by atoms with van der Waals surface area (Å²) in [4.78, 5) is 0. The third kappa shape index (κ3) is 5.73. The molecule has 0 aliphatic carbocycles. The van der Waals surface area contributed by atoms with Crippen molar-refractivity contribution in [3.63, 3.8) is 0 Å². The van der Waals surface area contributed by atoms with Gasteiger partial charge in [0.25, 0.3) is 0 Å². The lowest BCUT2D eigenvalue weighted by Gasteiger charge is -2.18. The lowest BCUT2D eigenvalue weighted by atomic mass is 9.98. The van der Waals surface area contributed by atoms with Gasteiger partial charge >= 0.3 is 6.18 Å². The van der Waals surface area contributed by atoms with Crippen molar-refractivity contribution >= 4 is 12.4 Å².